The fraction of sp³-hybridized carbons (Fsp3) is 1.00. The molecule has 0 spiro atoms. The van der Waals surface area contributed by atoms with Crippen molar-refractivity contribution in [2.75, 3.05) is 13.1 Å². The number of hydrogen-bond donors (Lipinski definition) is 0. The van der Waals surface area contributed by atoms with E-state index >= 15 is 0 Å². The van der Waals surface area contributed by atoms with Gasteiger partial charge in [-0.3, -0.25) is 0 Å². The van der Waals surface area contributed by atoms with Crippen molar-refractivity contribution in [3.05, 3.63) is 0 Å². The molecule has 0 N–H and O–H groups in total. The predicted octanol–water partition coefficient (Wildman–Crippen LogP) is 2.52. The van der Waals surface area contributed by atoms with E-state index in [-0.39, 0.29) is 0 Å². The Hall–Kier alpha value is -0.0400. The van der Waals surface area contributed by atoms with Crippen molar-refractivity contribution in [1.82, 2.24) is 4.90 Å². The number of rotatable bonds is 4. The molecule has 0 unspecified atom stereocenters. The first-order valence-electron chi connectivity index (χ1n) is 4.81. The molecular formula is C10H21N. The Labute approximate surface area is 70.8 Å². The van der Waals surface area contributed by atoms with E-state index in [1.165, 1.54) is 25.9 Å². The van der Waals surface area contributed by atoms with Gasteiger partial charge in [0.15, 0.2) is 0 Å². The van der Waals surface area contributed by atoms with Gasteiger partial charge in [0.05, 0.1) is 0 Å². The van der Waals surface area contributed by atoms with Crippen LogP contribution in [0.15, 0.2) is 0 Å². The molecule has 1 aliphatic rings. The van der Waals surface area contributed by atoms with Gasteiger partial charge in [-0.05, 0) is 38.6 Å². The standard InChI is InChI=1S/C10H21N/c1-5-11(9(2)3)8-10(4)6-7-10/h9H,5-8H2,1-4H3. The Morgan fingerprint density at radius 1 is 1.36 bits per heavy atom. The van der Waals surface area contributed by atoms with Crippen molar-refractivity contribution in [2.24, 2.45) is 5.41 Å². The highest BCUT2D eigenvalue weighted by Crippen LogP contribution is 2.45. The van der Waals surface area contributed by atoms with E-state index in [1.807, 2.05) is 0 Å². The molecule has 0 saturated heterocycles. The minimum absolute atomic E-state index is 0.681. The molecule has 0 aliphatic heterocycles. The van der Waals surface area contributed by atoms with Crippen LogP contribution in [0.3, 0.4) is 0 Å². The average Bonchev–Trinajstić information content (AvgIpc) is 2.64. The van der Waals surface area contributed by atoms with Crippen molar-refractivity contribution in [1.29, 1.82) is 0 Å². The van der Waals surface area contributed by atoms with Crippen molar-refractivity contribution >= 4 is 0 Å². The van der Waals surface area contributed by atoms with Crippen LogP contribution in [0.2, 0.25) is 0 Å². The highest BCUT2D eigenvalue weighted by atomic mass is 15.1. The van der Waals surface area contributed by atoms with E-state index in [9.17, 15) is 0 Å². The molecule has 0 amide bonds. The third-order valence-electron chi connectivity index (χ3n) is 2.82. The van der Waals surface area contributed by atoms with Gasteiger partial charge in [-0.15, -0.1) is 0 Å². The van der Waals surface area contributed by atoms with Gasteiger partial charge in [0.25, 0.3) is 0 Å². The number of nitrogens with zero attached hydrogens (tertiary/aromatic N) is 1. The normalized spacial score (nSPS) is 21.3. The van der Waals surface area contributed by atoms with Gasteiger partial charge >= 0.3 is 0 Å². The Kier molecular flexibility index (Phi) is 2.58. The summed E-state index contributed by atoms with van der Waals surface area (Å²) in [6, 6.07) is 0.720. The molecule has 0 heterocycles. The Bertz CT molecular complexity index is 125. The summed E-state index contributed by atoms with van der Waals surface area (Å²) in [6.45, 7) is 11.7. The van der Waals surface area contributed by atoms with E-state index in [0.717, 1.165) is 6.04 Å². The van der Waals surface area contributed by atoms with Gasteiger partial charge in [-0.25, -0.2) is 0 Å². The zero-order valence-corrected chi connectivity index (χ0v) is 8.35. The molecule has 1 nitrogen and oxygen atoms in total. The molecule has 1 rings (SSSR count). The van der Waals surface area contributed by atoms with Crippen LogP contribution in [0.4, 0.5) is 0 Å². The molecule has 1 heteroatoms. The van der Waals surface area contributed by atoms with Crippen LogP contribution >= 0.6 is 0 Å². The third-order valence-corrected chi connectivity index (χ3v) is 2.82. The summed E-state index contributed by atoms with van der Waals surface area (Å²) in [4.78, 5) is 2.56. The minimum Gasteiger partial charge on any atom is -0.301 e. The highest BCUT2D eigenvalue weighted by Gasteiger charge is 2.38. The van der Waals surface area contributed by atoms with E-state index in [2.05, 4.69) is 32.6 Å². The minimum atomic E-state index is 0.681. The van der Waals surface area contributed by atoms with Crippen LogP contribution in [0.5, 0.6) is 0 Å². The second-order valence-corrected chi connectivity index (χ2v) is 4.47. The smallest absolute Gasteiger partial charge is 0.00387 e. The zero-order chi connectivity index (χ0) is 8.48. The van der Waals surface area contributed by atoms with Crippen molar-refractivity contribution in [2.45, 2.75) is 46.6 Å². The Morgan fingerprint density at radius 2 is 1.91 bits per heavy atom. The van der Waals surface area contributed by atoms with Gasteiger partial charge in [0.1, 0.15) is 0 Å². The largest absolute Gasteiger partial charge is 0.301 e. The molecule has 0 bridgehead atoms. The van der Waals surface area contributed by atoms with E-state index in [0.29, 0.717) is 5.41 Å². The van der Waals surface area contributed by atoms with Gasteiger partial charge in [0, 0.05) is 12.6 Å². The van der Waals surface area contributed by atoms with Gasteiger partial charge < -0.3 is 4.90 Å². The van der Waals surface area contributed by atoms with E-state index in [1.54, 1.807) is 0 Å². The van der Waals surface area contributed by atoms with Crippen molar-refractivity contribution < 1.29 is 0 Å². The second kappa shape index (κ2) is 3.14. The maximum atomic E-state index is 2.56. The summed E-state index contributed by atoms with van der Waals surface area (Å²) in [7, 11) is 0. The summed E-state index contributed by atoms with van der Waals surface area (Å²) in [5, 5.41) is 0. The van der Waals surface area contributed by atoms with Crippen LogP contribution in [0.1, 0.15) is 40.5 Å². The number of hydrogen-bond acceptors (Lipinski definition) is 1. The van der Waals surface area contributed by atoms with Crippen molar-refractivity contribution in [3.63, 3.8) is 0 Å². The van der Waals surface area contributed by atoms with Gasteiger partial charge in [-0.2, -0.15) is 0 Å². The molecule has 0 radical (unpaired) electrons. The molecule has 1 fully saturated rings. The monoisotopic (exact) mass is 155 g/mol. The molecule has 0 aromatic heterocycles. The lowest BCUT2D eigenvalue weighted by atomic mass is 10.1. The SMILES string of the molecule is CCN(CC1(C)CC1)C(C)C. The van der Waals surface area contributed by atoms with Crippen LogP contribution in [0.25, 0.3) is 0 Å². The summed E-state index contributed by atoms with van der Waals surface area (Å²) in [5.74, 6) is 0. The highest BCUT2D eigenvalue weighted by molar-refractivity contribution is 4.91. The first-order chi connectivity index (χ1) is 5.07. The predicted molar refractivity (Wildman–Crippen MR) is 49.7 cm³/mol. The van der Waals surface area contributed by atoms with E-state index in [4.69, 9.17) is 0 Å². The quantitative estimate of drug-likeness (QED) is 0.603. The maximum absolute atomic E-state index is 2.56. The lowest BCUT2D eigenvalue weighted by molar-refractivity contribution is 0.194. The Balaban J connectivity index is 2.31. The van der Waals surface area contributed by atoms with Crippen LogP contribution < -0.4 is 0 Å². The molecule has 0 aromatic carbocycles. The van der Waals surface area contributed by atoms with Crippen LogP contribution in [0, 0.1) is 5.41 Å². The summed E-state index contributed by atoms with van der Waals surface area (Å²) < 4.78 is 0. The fourth-order valence-corrected chi connectivity index (χ4v) is 1.52. The van der Waals surface area contributed by atoms with Gasteiger partial charge in [0.2, 0.25) is 0 Å². The molecule has 1 saturated carbocycles. The lowest BCUT2D eigenvalue weighted by Crippen LogP contribution is -2.35. The lowest BCUT2D eigenvalue weighted by Gasteiger charge is -2.27. The first-order valence-corrected chi connectivity index (χ1v) is 4.81. The van der Waals surface area contributed by atoms with E-state index < -0.39 is 0 Å². The molecular weight excluding hydrogens is 134 g/mol. The Morgan fingerprint density at radius 3 is 2.18 bits per heavy atom. The molecule has 1 aliphatic carbocycles. The summed E-state index contributed by atoms with van der Waals surface area (Å²) in [6.07, 6.45) is 2.88. The third kappa shape index (κ3) is 2.48. The second-order valence-electron chi connectivity index (χ2n) is 4.47. The molecule has 66 valence electrons. The van der Waals surface area contributed by atoms with Crippen molar-refractivity contribution in [3.8, 4) is 0 Å². The maximum Gasteiger partial charge on any atom is 0.00387 e. The molecule has 0 aromatic rings. The van der Waals surface area contributed by atoms with Crippen LogP contribution in [-0.4, -0.2) is 24.0 Å². The fourth-order valence-electron chi connectivity index (χ4n) is 1.52. The molecule has 11 heavy (non-hydrogen) atoms. The summed E-state index contributed by atoms with van der Waals surface area (Å²) in [5.41, 5.74) is 0.681. The zero-order valence-electron chi connectivity index (χ0n) is 8.35. The first kappa shape index (κ1) is 9.05. The van der Waals surface area contributed by atoms with Gasteiger partial charge in [-0.1, -0.05) is 13.8 Å². The average molecular weight is 155 g/mol. The topological polar surface area (TPSA) is 3.24 Å². The van der Waals surface area contributed by atoms with Crippen LogP contribution in [-0.2, 0) is 0 Å². The molecule has 0 atom stereocenters. The summed E-state index contributed by atoms with van der Waals surface area (Å²) >= 11 is 0.